The van der Waals surface area contributed by atoms with Crippen molar-refractivity contribution >= 4 is 11.6 Å². The fourth-order valence-electron chi connectivity index (χ4n) is 2.76. The largest absolute Gasteiger partial charge is 0.573 e. The van der Waals surface area contributed by atoms with E-state index in [9.17, 15) is 13.2 Å². The van der Waals surface area contributed by atoms with Gasteiger partial charge < -0.3 is 10.1 Å². The van der Waals surface area contributed by atoms with Crippen molar-refractivity contribution in [2.45, 2.75) is 25.2 Å². The van der Waals surface area contributed by atoms with Gasteiger partial charge in [0.25, 0.3) is 0 Å². The molecule has 1 aliphatic rings. The van der Waals surface area contributed by atoms with Gasteiger partial charge in [0.2, 0.25) is 0 Å². The molecule has 2 rings (SSSR count). The fraction of sp³-hybridized carbons (Fsp3) is 0.500. The maximum absolute atomic E-state index is 12.3. The lowest BCUT2D eigenvalue weighted by Crippen LogP contribution is -2.45. The van der Waals surface area contributed by atoms with Crippen molar-refractivity contribution in [3.63, 3.8) is 0 Å². The zero-order valence-corrected chi connectivity index (χ0v) is 13.5. The lowest BCUT2D eigenvalue weighted by Gasteiger charge is -2.35. The molecule has 0 radical (unpaired) electrons. The molecule has 23 heavy (non-hydrogen) atoms. The lowest BCUT2D eigenvalue weighted by molar-refractivity contribution is -0.274. The molecule has 0 bridgehead atoms. The van der Waals surface area contributed by atoms with Crippen LogP contribution in [-0.4, -0.2) is 37.4 Å². The van der Waals surface area contributed by atoms with Crippen molar-refractivity contribution in [3.8, 4) is 5.75 Å². The SMILES string of the molecule is C=CCC[C@@H](c1ccc(OC(F)(F)F)c(Cl)c1)N1CCNCC1. The number of hydrogen-bond acceptors (Lipinski definition) is 3. The minimum atomic E-state index is -4.74. The van der Waals surface area contributed by atoms with Crippen molar-refractivity contribution in [1.29, 1.82) is 0 Å². The summed E-state index contributed by atoms with van der Waals surface area (Å²) in [5.41, 5.74) is 0.897. The van der Waals surface area contributed by atoms with Crippen molar-refractivity contribution in [2.75, 3.05) is 26.2 Å². The number of halogens is 4. The van der Waals surface area contributed by atoms with Crippen molar-refractivity contribution < 1.29 is 17.9 Å². The molecule has 0 aliphatic carbocycles. The van der Waals surface area contributed by atoms with Gasteiger partial charge in [-0.25, -0.2) is 0 Å². The fourth-order valence-corrected chi connectivity index (χ4v) is 2.99. The highest BCUT2D eigenvalue weighted by Gasteiger charge is 2.32. The zero-order chi connectivity index (χ0) is 16.9. The molecule has 1 atom stereocenters. The number of ether oxygens (including phenoxy) is 1. The van der Waals surface area contributed by atoms with Crippen LogP contribution < -0.4 is 10.1 Å². The van der Waals surface area contributed by atoms with Gasteiger partial charge in [-0.2, -0.15) is 0 Å². The van der Waals surface area contributed by atoms with Gasteiger partial charge in [-0.15, -0.1) is 19.8 Å². The molecule has 1 heterocycles. The van der Waals surface area contributed by atoms with Crippen molar-refractivity contribution in [1.82, 2.24) is 10.2 Å². The van der Waals surface area contributed by atoms with Crippen LogP contribution in [0.1, 0.15) is 24.4 Å². The molecule has 1 aromatic rings. The Labute approximate surface area is 139 Å². The Bertz CT molecular complexity index is 531. The van der Waals surface area contributed by atoms with Crippen LogP contribution in [0.2, 0.25) is 5.02 Å². The molecule has 1 fully saturated rings. The van der Waals surface area contributed by atoms with E-state index >= 15 is 0 Å². The second-order valence-electron chi connectivity index (χ2n) is 5.41. The summed E-state index contributed by atoms with van der Waals surface area (Å²) in [4.78, 5) is 2.32. The summed E-state index contributed by atoms with van der Waals surface area (Å²) in [6.45, 7) is 7.31. The van der Waals surface area contributed by atoms with Crippen LogP contribution in [0.4, 0.5) is 13.2 Å². The second kappa shape index (κ2) is 8.04. The summed E-state index contributed by atoms with van der Waals surface area (Å²) < 4.78 is 40.9. The van der Waals surface area contributed by atoms with Crippen LogP contribution in [0.15, 0.2) is 30.9 Å². The molecular weight excluding hydrogens is 329 g/mol. The summed E-state index contributed by atoms with van der Waals surface area (Å²) in [6.07, 6.45) is -1.23. The third-order valence-electron chi connectivity index (χ3n) is 3.80. The van der Waals surface area contributed by atoms with E-state index in [4.69, 9.17) is 11.6 Å². The third-order valence-corrected chi connectivity index (χ3v) is 4.10. The summed E-state index contributed by atoms with van der Waals surface area (Å²) >= 11 is 5.98. The first-order valence-electron chi connectivity index (χ1n) is 7.51. The Balaban J connectivity index is 2.20. The van der Waals surface area contributed by atoms with E-state index < -0.39 is 6.36 Å². The van der Waals surface area contributed by atoms with Crippen LogP contribution in [0, 0.1) is 0 Å². The molecule has 1 N–H and O–H groups in total. The Kier molecular flexibility index (Phi) is 6.33. The number of alkyl halides is 3. The Morgan fingerprint density at radius 2 is 2.04 bits per heavy atom. The molecule has 7 heteroatoms. The van der Waals surface area contributed by atoms with E-state index in [0.717, 1.165) is 44.6 Å². The van der Waals surface area contributed by atoms with Gasteiger partial charge in [0, 0.05) is 32.2 Å². The molecule has 0 aromatic heterocycles. The first kappa shape index (κ1) is 18.1. The minimum Gasteiger partial charge on any atom is -0.404 e. The summed E-state index contributed by atoms with van der Waals surface area (Å²) in [7, 11) is 0. The number of rotatable bonds is 6. The molecule has 0 unspecified atom stereocenters. The predicted octanol–water partition coefficient (Wildman–Crippen LogP) is 4.15. The van der Waals surface area contributed by atoms with E-state index in [2.05, 4.69) is 21.5 Å². The third kappa shape index (κ3) is 5.41. The Hall–Kier alpha value is -1.24. The zero-order valence-electron chi connectivity index (χ0n) is 12.7. The Morgan fingerprint density at radius 1 is 1.35 bits per heavy atom. The molecular formula is C16H20ClF3N2O. The molecule has 3 nitrogen and oxygen atoms in total. The average molecular weight is 349 g/mol. The second-order valence-corrected chi connectivity index (χ2v) is 5.81. The quantitative estimate of drug-likeness (QED) is 0.782. The smallest absolute Gasteiger partial charge is 0.404 e. The number of nitrogens with one attached hydrogen (secondary N) is 1. The van der Waals surface area contributed by atoms with Crippen LogP contribution in [0.3, 0.4) is 0 Å². The maximum atomic E-state index is 12.3. The first-order chi connectivity index (χ1) is 10.9. The number of hydrogen-bond donors (Lipinski definition) is 1. The maximum Gasteiger partial charge on any atom is 0.573 e. The highest BCUT2D eigenvalue weighted by atomic mass is 35.5. The van der Waals surface area contributed by atoms with E-state index in [-0.39, 0.29) is 16.8 Å². The van der Waals surface area contributed by atoms with Gasteiger partial charge in [-0.1, -0.05) is 23.7 Å². The molecule has 1 saturated heterocycles. The average Bonchev–Trinajstić information content (AvgIpc) is 2.50. The standard InChI is InChI=1S/C16H20ClF3N2O/c1-2-3-4-14(22-9-7-21-8-10-22)12-5-6-15(13(17)11-12)23-16(18,19)20/h2,5-6,11,14,21H,1,3-4,7-10H2/t14-/m0/s1. The highest BCUT2D eigenvalue weighted by molar-refractivity contribution is 6.32. The van der Waals surface area contributed by atoms with Crippen LogP contribution >= 0.6 is 11.6 Å². The summed E-state index contributed by atoms with van der Waals surface area (Å²) in [5.74, 6) is -0.370. The predicted molar refractivity (Wildman–Crippen MR) is 84.7 cm³/mol. The number of nitrogens with zero attached hydrogens (tertiary/aromatic N) is 1. The molecule has 1 aromatic carbocycles. The first-order valence-corrected chi connectivity index (χ1v) is 7.89. The van der Waals surface area contributed by atoms with Gasteiger partial charge in [0.15, 0.2) is 0 Å². The number of piperazine rings is 1. The number of allylic oxidation sites excluding steroid dienone is 1. The van der Waals surface area contributed by atoms with E-state index in [1.807, 2.05) is 6.08 Å². The van der Waals surface area contributed by atoms with Crippen LogP contribution in [0.25, 0.3) is 0 Å². The van der Waals surface area contributed by atoms with E-state index in [1.54, 1.807) is 12.1 Å². The number of benzene rings is 1. The van der Waals surface area contributed by atoms with Gasteiger partial charge in [-0.05, 0) is 30.5 Å². The molecule has 1 aliphatic heterocycles. The monoisotopic (exact) mass is 348 g/mol. The summed E-state index contributed by atoms with van der Waals surface area (Å²) in [5, 5.41) is 3.26. The Morgan fingerprint density at radius 3 is 2.61 bits per heavy atom. The molecule has 0 spiro atoms. The molecule has 128 valence electrons. The van der Waals surface area contributed by atoms with Crippen molar-refractivity contribution in [3.05, 3.63) is 41.4 Å². The van der Waals surface area contributed by atoms with Gasteiger partial charge in [0.05, 0.1) is 5.02 Å². The summed E-state index contributed by atoms with van der Waals surface area (Å²) in [6, 6.07) is 4.61. The van der Waals surface area contributed by atoms with E-state index in [1.165, 1.54) is 6.07 Å². The normalized spacial score (nSPS) is 17.7. The molecule has 0 saturated carbocycles. The van der Waals surface area contributed by atoms with Crippen LogP contribution in [0.5, 0.6) is 5.75 Å². The van der Waals surface area contributed by atoms with Crippen molar-refractivity contribution in [2.24, 2.45) is 0 Å². The van der Waals surface area contributed by atoms with Gasteiger partial charge >= 0.3 is 6.36 Å². The topological polar surface area (TPSA) is 24.5 Å². The van der Waals surface area contributed by atoms with E-state index in [0.29, 0.717) is 0 Å². The minimum absolute atomic E-state index is 0.0291. The van der Waals surface area contributed by atoms with Gasteiger partial charge in [-0.3, -0.25) is 4.90 Å². The van der Waals surface area contributed by atoms with Crippen LogP contribution in [-0.2, 0) is 0 Å². The highest BCUT2D eigenvalue weighted by Crippen LogP contribution is 2.35. The van der Waals surface area contributed by atoms with Gasteiger partial charge in [0.1, 0.15) is 5.75 Å². The molecule has 0 amide bonds. The lowest BCUT2D eigenvalue weighted by atomic mass is 9.99.